The van der Waals surface area contributed by atoms with Crippen LogP contribution < -0.4 is 10.2 Å². The van der Waals surface area contributed by atoms with Gasteiger partial charge in [0.1, 0.15) is 0 Å². The largest absolute Gasteiger partial charge is 0.369 e. The van der Waals surface area contributed by atoms with Crippen LogP contribution in [0.25, 0.3) is 28.2 Å². The minimum atomic E-state index is -0.398. The Bertz CT molecular complexity index is 1220. The number of hydrogen-bond acceptors (Lipinski definition) is 7. The summed E-state index contributed by atoms with van der Waals surface area (Å²) in [6.07, 6.45) is 3.22. The highest BCUT2D eigenvalue weighted by Crippen LogP contribution is 2.30. The van der Waals surface area contributed by atoms with Crippen LogP contribution in [-0.4, -0.2) is 58.7 Å². The Kier molecular flexibility index (Phi) is 5.63. The summed E-state index contributed by atoms with van der Waals surface area (Å²) >= 11 is 0.877. The molecule has 3 aromatic rings. The molecule has 0 aliphatic carbocycles. The molecule has 2 aromatic carbocycles. The number of anilines is 1. The van der Waals surface area contributed by atoms with Gasteiger partial charge < -0.3 is 9.80 Å². The van der Waals surface area contributed by atoms with Gasteiger partial charge in [0.15, 0.2) is 0 Å². The summed E-state index contributed by atoms with van der Waals surface area (Å²) in [5.74, 6) is -0.398. The van der Waals surface area contributed by atoms with Gasteiger partial charge in [0.05, 0.1) is 27.8 Å². The molecule has 1 aromatic heterocycles. The van der Waals surface area contributed by atoms with E-state index < -0.39 is 5.91 Å². The molecule has 8 heteroatoms. The molecule has 0 unspecified atom stereocenters. The summed E-state index contributed by atoms with van der Waals surface area (Å²) in [5, 5.41) is 1.89. The molecule has 2 aliphatic rings. The quantitative estimate of drug-likeness (QED) is 0.613. The fraction of sp³-hybridized carbons (Fsp3) is 0.250. The van der Waals surface area contributed by atoms with E-state index in [4.69, 9.17) is 4.98 Å². The Balaban J connectivity index is 1.44. The highest BCUT2D eigenvalue weighted by Gasteiger charge is 2.25. The topological polar surface area (TPSA) is 78.4 Å². The minimum absolute atomic E-state index is 0.327. The number of amides is 2. The molecular weight excluding hydrogens is 422 g/mol. The summed E-state index contributed by atoms with van der Waals surface area (Å²) in [4.78, 5) is 37.8. The van der Waals surface area contributed by atoms with Crippen molar-refractivity contribution in [1.29, 1.82) is 0 Å². The van der Waals surface area contributed by atoms with Crippen LogP contribution in [-0.2, 0) is 4.79 Å². The number of rotatable bonds is 4. The standard InChI is InChI=1S/C24H23N5O2S/c1-2-28-10-12-29(13-11-28)18-8-6-16(7-9-18)19-4-3-5-20-22(19)26-17(15-25-20)14-21-23(30)27-24(31)32-21/h3-9,14-15H,2,10-13H2,1H3,(H,27,30,31). The van der Waals surface area contributed by atoms with Gasteiger partial charge >= 0.3 is 0 Å². The highest BCUT2D eigenvalue weighted by molar-refractivity contribution is 8.18. The fourth-order valence-electron chi connectivity index (χ4n) is 4.08. The van der Waals surface area contributed by atoms with Crippen LogP contribution in [0.15, 0.2) is 53.6 Å². The Morgan fingerprint density at radius 2 is 1.84 bits per heavy atom. The lowest BCUT2D eigenvalue weighted by Gasteiger charge is -2.35. The number of carbonyl (C=O) groups excluding carboxylic acids is 2. The third kappa shape index (κ3) is 4.11. The lowest BCUT2D eigenvalue weighted by atomic mass is 10.0. The first-order valence-electron chi connectivity index (χ1n) is 10.7. The number of carbonyl (C=O) groups is 2. The zero-order valence-electron chi connectivity index (χ0n) is 17.7. The molecule has 0 bridgehead atoms. The van der Waals surface area contributed by atoms with Crippen molar-refractivity contribution >= 4 is 45.7 Å². The molecule has 162 valence electrons. The number of piperazine rings is 1. The predicted octanol–water partition coefficient (Wildman–Crippen LogP) is 3.76. The number of para-hydroxylation sites is 1. The highest BCUT2D eigenvalue weighted by atomic mass is 32.2. The summed E-state index contributed by atoms with van der Waals surface area (Å²) in [6.45, 7) is 7.58. The van der Waals surface area contributed by atoms with Crippen molar-refractivity contribution in [3.8, 4) is 11.1 Å². The van der Waals surface area contributed by atoms with E-state index in [0.717, 1.165) is 66.6 Å². The van der Waals surface area contributed by atoms with Crippen molar-refractivity contribution in [2.45, 2.75) is 6.92 Å². The number of nitrogens with zero attached hydrogens (tertiary/aromatic N) is 4. The van der Waals surface area contributed by atoms with Crippen molar-refractivity contribution in [3.63, 3.8) is 0 Å². The van der Waals surface area contributed by atoms with Crippen molar-refractivity contribution in [3.05, 3.63) is 59.3 Å². The first kappa shape index (κ1) is 20.7. The van der Waals surface area contributed by atoms with Gasteiger partial charge in [-0.15, -0.1) is 0 Å². The zero-order valence-corrected chi connectivity index (χ0v) is 18.6. The van der Waals surface area contributed by atoms with Gasteiger partial charge in [-0.3, -0.25) is 19.9 Å². The van der Waals surface area contributed by atoms with E-state index in [2.05, 4.69) is 51.3 Å². The summed E-state index contributed by atoms with van der Waals surface area (Å²) in [5.41, 5.74) is 5.37. The van der Waals surface area contributed by atoms with Crippen molar-refractivity contribution in [2.24, 2.45) is 0 Å². The first-order chi connectivity index (χ1) is 15.6. The maximum Gasteiger partial charge on any atom is 0.290 e. The fourth-order valence-corrected chi connectivity index (χ4v) is 4.75. The second-order valence-electron chi connectivity index (χ2n) is 7.79. The average molecular weight is 446 g/mol. The van der Waals surface area contributed by atoms with E-state index in [0.29, 0.717) is 10.6 Å². The Labute approximate surface area is 190 Å². The van der Waals surface area contributed by atoms with Crippen molar-refractivity contribution in [1.82, 2.24) is 20.2 Å². The van der Waals surface area contributed by atoms with Gasteiger partial charge in [0.25, 0.3) is 11.1 Å². The minimum Gasteiger partial charge on any atom is -0.369 e. The van der Waals surface area contributed by atoms with E-state index in [9.17, 15) is 9.59 Å². The van der Waals surface area contributed by atoms with Crippen molar-refractivity contribution in [2.75, 3.05) is 37.6 Å². The summed E-state index contributed by atoms with van der Waals surface area (Å²) < 4.78 is 0. The van der Waals surface area contributed by atoms with Crippen LogP contribution in [0.5, 0.6) is 0 Å². The van der Waals surface area contributed by atoms with Gasteiger partial charge in [0, 0.05) is 37.4 Å². The molecule has 2 fully saturated rings. The third-order valence-corrected chi connectivity index (χ3v) is 6.69. The number of aromatic nitrogens is 2. The number of benzene rings is 2. The van der Waals surface area contributed by atoms with E-state index in [1.54, 1.807) is 12.3 Å². The van der Waals surface area contributed by atoms with Gasteiger partial charge in [0.2, 0.25) is 0 Å². The third-order valence-electron chi connectivity index (χ3n) is 5.88. The average Bonchev–Trinajstić information content (AvgIpc) is 3.15. The van der Waals surface area contributed by atoms with Crippen LogP contribution in [0.1, 0.15) is 12.6 Å². The number of hydrogen-bond donors (Lipinski definition) is 1. The molecule has 2 amide bonds. The molecule has 2 aliphatic heterocycles. The number of thioether (sulfide) groups is 1. The Hall–Kier alpha value is -3.23. The first-order valence-corrected chi connectivity index (χ1v) is 11.5. The zero-order chi connectivity index (χ0) is 22.1. The van der Waals surface area contributed by atoms with E-state index in [1.807, 2.05) is 18.2 Å². The smallest absolute Gasteiger partial charge is 0.290 e. The van der Waals surface area contributed by atoms with Crippen molar-refractivity contribution < 1.29 is 9.59 Å². The molecule has 7 nitrogen and oxygen atoms in total. The van der Waals surface area contributed by atoms with Crippen LogP contribution in [0.4, 0.5) is 10.5 Å². The SMILES string of the molecule is CCN1CCN(c2ccc(-c3cccc4ncc(C=C5SC(=O)NC5=O)nc34)cc2)CC1. The molecule has 0 spiro atoms. The number of nitrogens with one attached hydrogen (secondary N) is 1. The molecule has 5 rings (SSSR count). The summed E-state index contributed by atoms with van der Waals surface area (Å²) in [7, 11) is 0. The van der Waals surface area contributed by atoms with Crippen LogP contribution in [0, 0.1) is 0 Å². The molecule has 32 heavy (non-hydrogen) atoms. The van der Waals surface area contributed by atoms with Gasteiger partial charge in [-0.2, -0.15) is 0 Å². The Morgan fingerprint density at radius 1 is 1.06 bits per heavy atom. The maximum absolute atomic E-state index is 11.9. The molecule has 3 heterocycles. The van der Waals surface area contributed by atoms with E-state index >= 15 is 0 Å². The molecule has 2 saturated heterocycles. The summed E-state index contributed by atoms with van der Waals surface area (Å²) in [6, 6.07) is 14.5. The molecule has 0 saturated carbocycles. The number of imide groups is 1. The monoisotopic (exact) mass is 445 g/mol. The van der Waals surface area contributed by atoms with E-state index in [-0.39, 0.29) is 5.24 Å². The number of likely N-dealkylation sites (N-methyl/N-ethyl adjacent to an activating group) is 1. The normalized spacial score (nSPS) is 18.5. The second-order valence-corrected chi connectivity index (χ2v) is 8.80. The second kappa shape index (κ2) is 8.72. The molecule has 1 N–H and O–H groups in total. The molecule has 0 radical (unpaired) electrons. The van der Waals surface area contributed by atoms with Crippen LogP contribution >= 0.6 is 11.8 Å². The van der Waals surface area contributed by atoms with Gasteiger partial charge in [-0.25, -0.2) is 4.98 Å². The Morgan fingerprint density at radius 3 is 2.53 bits per heavy atom. The lowest BCUT2D eigenvalue weighted by Crippen LogP contribution is -2.46. The van der Waals surface area contributed by atoms with Crippen LogP contribution in [0.3, 0.4) is 0 Å². The van der Waals surface area contributed by atoms with Gasteiger partial charge in [-0.05, 0) is 48.1 Å². The maximum atomic E-state index is 11.9. The molecule has 0 atom stereocenters. The lowest BCUT2D eigenvalue weighted by molar-refractivity contribution is -0.115. The predicted molar refractivity (Wildman–Crippen MR) is 128 cm³/mol. The number of fused-ring (bicyclic) bond motifs is 1. The van der Waals surface area contributed by atoms with Gasteiger partial charge in [-0.1, -0.05) is 31.2 Å². The molecular formula is C24H23N5O2S. The van der Waals surface area contributed by atoms with Crippen LogP contribution in [0.2, 0.25) is 0 Å². The van der Waals surface area contributed by atoms with E-state index in [1.165, 1.54) is 5.69 Å².